The molecular weight excluding hydrogens is 344 g/mol. The summed E-state index contributed by atoms with van der Waals surface area (Å²) < 4.78 is 2.69. The number of nitrogens with one attached hydrogen (secondary N) is 1. The Bertz CT molecular complexity index is 856. The van der Waals surface area contributed by atoms with Crippen LogP contribution >= 0.6 is 15.9 Å². The molecular formula is C16H15BrN4O. The zero-order chi connectivity index (χ0) is 15.7. The summed E-state index contributed by atoms with van der Waals surface area (Å²) in [5, 5.41) is 2.85. The number of imidazole rings is 1. The summed E-state index contributed by atoms with van der Waals surface area (Å²) in [5.41, 5.74) is 3.11. The van der Waals surface area contributed by atoms with Crippen LogP contribution in [-0.2, 0) is 6.42 Å². The van der Waals surface area contributed by atoms with Crippen LogP contribution in [0, 0.1) is 6.92 Å². The topological polar surface area (TPSA) is 59.3 Å². The first-order valence-corrected chi connectivity index (χ1v) is 7.78. The molecule has 3 heterocycles. The van der Waals surface area contributed by atoms with Crippen molar-refractivity contribution in [3.05, 3.63) is 58.1 Å². The number of anilines is 1. The average Bonchev–Trinajstić information content (AvgIpc) is 2.85. The highest BCUT2D eigenvalue weighted by Gasteiger charge is 2.18. The highest BCUT2D eigenvalue weighted by Crippen LogP contribution is 2.19. The molecule has 0 spiro atoms. The van der Waals surface area contributed by atoms with Gasteiger partial charge in [0.2, 0.25) is 0 Å². The largest absolute Gasteiger partial charge is 0.305 e. The van der Waals surface area contributed by atoms with Crippen LogP contribution in [0.1, 0.15) is 28.7 Å². The molecule has 0 aliphatic rings. The van der Waals surface area contributed by atoms with Gasteiger partial charge in [0, 0.05) is 16.9 Å². The number of pyridine rings is 2. The molecule has 0 unspecified atom stereocenters. The van der Waals surface area contributed by atoms with Gasteiger partial charge in [0.15, 0.2) is 0 Å². The molecule has 0 saturated heterocycles. The molecule has 0 aliphatic carbocycles. The Morgan fingerprint density at radius 1 is 1.36 bits per heavy atom. The number of carbonyl (C=O) groups is 1. The van der Waals surface area contributed by atoms with E-state index in [-0.39, 0.29) is 5.91 Å². The average molecular weight is 359 g/mol. The molecule has 0 radical (unpaired) electrons. The molecule has 3 aromatic rings. The van der Waals surface area contributed by atoms with Gasteiger partial charge in [0.25, 0.3) is 5.91 Å². The third kappa shape index (κ3) is 2.74. The lowest BCUT2D eigenvalue weighted by atomic mass is 10.2. The molecule has 22 heavy (non-hydrogen) atoms. The normalized spacial score (nSPS) is 10.9. The summed E-state index contributed by atoms with van der Waals surface area (Å²) in [5.74, 6) is 0.331. The first kappa shape index (κ1) is 14.7. The summed E-state index contributed by atoms with van der Waals surface area (Å²) in [6.07, 6.45) is 4.21. The van der Waals surface area contributed by atoms with Crippen LogP contribution in [0.4, 0.5) is 5.82 Å². The van der Waals surface area contributed by atoms with Crippen molar-refractivity contribution in [2.24, 2.45) is 0 Å². The van der Waals surface area contributed by atoms with Gasteiger partial charge in [0.1, 0.15) is 17.2 Å². The summed E-state index contributed by atoms with van der Waals surface area (Å²) in [6, 6.07) is 7.51. The lowest BCUT2D eigenvalue weighted by Crippen LogP contribution is -2.17. The van der Waals surface area contributed by atoms with Gasteiger partial charge in [-0.25, -0.2) is 9.97 Å². The van der Waals surface area contributed by atoms with E-state index in [9.17, 15) is 4.79 Å². The summed E-state index contributed by atoms with van der Waals surface area (Å²) >= 11 is 3.43. The third-order valence-electron chi connectivity index (χ3n) is 3.36. The minimum atomic E-state index is -0.208. The molecule has 112 valence electrons. The molecule has 0 aliphatic heterocycles. The van der Waals surface area contributed by atoms with Crippen LogP contribution in [0.15, 0.2) is 41.1 Å². The number of hydrogen-bond acceptors (Lipinski definition) is 3. The van der Waals surface area contributed by atoms with E-state index in [0.29, 0.717) is 17.9 Å². The Balaban J connectivity index is 2.04. The maximum absolute atomic E-state index is 12.7. The summed E-state index contributed by atoms with van der Waals surface area (Å²) in [4.78, 5) is 21.3. The molecule has 1 N–H and O–H groups in total. The van der Waals surface area contributed by atoms with Crippen molar-refractivity contribution >= 4 is 33.3 Å². The fraction of sp³-hybridized carbons (Fsp3) is 0.188. The maximum Gasteiger partial charge on any atom is 0.275 e. The van der Waals surface area contributed by atoms with Crippen molar-refractivity contribution in [2.75, 3.05) is 5.32 Å². The predicted octanol–water partition coefficient (Wildman–Crippen LogP) is 3.61. The number of amides is 1. The molecule has 5 nitrogen and oxygen atoms in total. The second-order valence-electron chi connectivity index (χ2n) is 5.01. The number of fused-ring (bicyclic) bond motifs is 1. The summed E-state index contributed by atoms with van der Waals surface area (Å²) in [7, 11) is 0. The first-order valence-electron chi connectivity index (χ1n) is 6.99. The maximum atomic E-state index is 12.7. The lowest BCUT2D eigenvalue weighted by Gasteiger charge is -2.06. The Labute approximate surface area is 136 Å². The monoisotopic (exact) mass is 358 g/mol. The molecule has 0 aromatic carbocycles. The third-order valence-corrected chi connectivity index (χ3v) is 3.83. The number of carbonyl (C=O) groups excluding carboxylic acids is 1. The summed E-state index contributed by atoms with van der Waals surface area (Å²) in [6.45, 7) is 3.94. The molecule has 6 heteroatoms. The Hall–Kier alpha value is -2.21. The van der Waals surface area contributed by atoms with Crippen LogP contribution in [-0.4, -0.2) is 20.3 Å². The van der Waals surface area contributed by atoms with Crippen LogP contribution in [0.3, 0.4) is 0 Å². The van der Waals surface area contributed by atoms with Crippen molar-refractivity contribution in [3.63, 3.8) is 0 Å². The zero-order valence-electron chi connectivity index (χ0n) is 12.3. The van der Waals surface area contributed by atoms with E-state index in [2.05, 4.69) is 31.2 Å². The quantitative estimate of drug-likeness (QED) is 0.777. The van der Waals surface area contributed by atoms with E-state index < -0.39 is 0 Å². The van der Waals surface area contributed by atoms with E-state index in [1.54, 1.807) is 10.6 Å². The smallest absolute Gasteiger partial charge is 0.275 e. The van der Waals surface area contributed by atoms with E-state index in [1.807, 2.05) is 44.3 Å². The predicted molar refractivity (Wildman–Crippen MR) is 89.2 cm³/mol. The van der Waals surface area contributed by atoms with Gasteiger partial charge in [-0.15, -0.1) is 0 Å². The second-order valence-corrected chi connectivity index (χ2v) is 5.92. The van der Waals surface area contributed by atoms with Crippen molar-refractivity contribution < 1.29 is 4.79 Å². The van der Waals surface area contributed by atoms with E-state index in [1.165, 1.54) is 0 Å². The molecule has 3 rings (SSSR count). The first-order chi connectivity index (χ1) is 10.6. The molecule has 0 saturated carbocycles. The van der Waals surface area contributed by atoms with Crippen LogP contribution in [0.5, 0.6) is 0 Å². The fourth-order valence-corrected chi connectivity index (χ4v) is 2.67. The minimum Gasteiger partial charge on any atom is -0.305 e. The van der Waals surface area contributed by atoms with Gasteiger partial charge in [-0.2, -0.15) is 0 Å². The van der Waals surface area contributed by atoms with Gasteiger partial charge >= 0.3 is 0 Å². The van der Waals surface area contributed by atoms with Crippen LogP contribution in [0.25, 0.3) is 5.65 Å². The standard InChI is InChI=1S/C16H15BrN4O/c1-3-12-15(21-9-11(17)4-5-14(21)19-12)16(22)20-13-8-10(2)6-7-18-13/h4-9H,3H2,1-2H3,(H,18,20,22). The van der Waals surface area contributed by atoms with Crippen molar-refractivity contribution in [3.8, 4) is 0 Å². The Morgan fingerprint density at radius 2 is 2.18 bits per heavy atom. The molecule has 0 bridgehead atoms. The fourth-order valence-electron chi connectivity index (χ4n) is 2.33. The van der Waals surface area contributed by atoms with Gasteiger partial charge in [0.05, 0.1) is 5.69 Å². The second kappa shape index (κ2) is 5.88. The van der Waals surface area contributed by atoms with Crippen LogP contribution < -0.4 is 5.32 Å². The SMILES string of the molecule is CCc1nc2ccc(Br)cn2c1C(=O)Nc1cc(C)ccn1. The van der Waals surface area contributed by atoms with Crippen molar-refractivity contribution in [2.45, 2.75) is 20.3 Å². The highest BCUT2D eigenvalue weighted by molar-refractivity contribution is 9.10. The van der Waals surface area contributed by atoms with Crippen LogP contribution in [0.2, 0.25) is 0 Å². The van der Waals surface area contributed by atoms with Gasteiger partial charge in [-0.1, -0.05) is 6.92 Å². The van der Waals surface area contributed by atoms with Gasteiger partial charge < -0.3 is 5.32 Å². The molecule has 1 amide bonds. The van der Waals surface area contributed by atoms with Crippen molar-refractivity contribution in [1.29, 1.82) is 0 Å². The Morgan fingerprint density at radius 3 is 2.91 bits per heavy atom. The van der Waals surface area contributed by atoms with Gasteiger partial charge in [-0.05, 0) is 59.1 Å². The zero-order valence-corrected chi connectivity index (χ0v) is 13.9. The van der Waals surface area contributed by atoms with E-state index >= 15 is 0 Å². The molecule has 0 atom stereocenters. The van der Waals surface area contributed by atoms with E-state index in [0.717, 1.165) is 21.4 Å². The van der Waals surface area contributed by atoms with E-state index in [4.69, 9.17) is 0 Å². The number of rotatable bonds is 3. The minimum absolute atomic E-state index is 0.208. The molecule has 3 aromatic heterocycles. The lowest BCUT2D eigenvalue weighted by molar-refractivity contribution is 0.102. The number of aromatic nitrogens is 3. The number of hydrogen-bond donors (Lipinski definition) is 1. The number of aryl methyl sites for hydroxylation is 2. The van der Waals surface area contributed by atoms with Gasteiger partial charge in [-0.3, -0.25) is 9.20 Å². The number of nitrogens with zero attached hydrogens (tertiary/aromatic N) is 3. The van der Waals surface area contributed by atoms with Crippen molar-refractivity contribution in [1.82, 2.24) is 14.4 Å². The molecule has 0 fully saturated rings. The highest BCUT2D eigenvalue weighted by atomic mass is 79.9. The Kier molecular flexibility index (Phi) is 3.94. The number of halogens is 1.